The second-order valence-corrected chi connectivity index (χ2v) is 7.04. The van der Waals surface area contributed by atoms with Gasteiger partial charge >= 0.3 is 0 Å². The maximum Gasteiger partial charge on any atom is 0.227 e. The Morgan fingerprint density at radius 2 is 2.07 bits per heavy atom. The van der Waals surface area contributed by atoms with Crippen LogP contribution in [0.1, 0.15) is 17.0 Å². The number of carbonyl (C=O) groups excluding carboxylic acids is 1. The second kappa shape index (κ2) is 8.68. The summed E-state index contributed by atoms with van der Waals surface area (Å²) in [5.41, 5.74) is 2.86. The second-order valence-electron chi connectivity index (χ2n) is 7.04. The highest BCUT2D eigenvalue weighted by Crippen LogP contribution is 2.23. The molecule has 148 valence electrons. The Kier molecular flexibility index (Phi) is 5.65. The molecule has 2 aromatic heterocycles. The molecular weight excluding hydrogens is 366 g/mol. The monoisotopic (exact) mass is 389 g/mol. The van der Waals surface area contributed by atoms with Gasteiger partial charge in [-0.25, -0.2) is 4.98 Å². The number of rotatable bonds is 7. The summed E-state index contributed by atoms with van der Waals surface area (Å²) in [6.07, 6.45) is 5.93. The first-order valence-electron chi connectivity index (χ1n) is 9.57. The van der Waals surface area contributed by atoms with Crippen LogP contribution in [0.2, 0.25) is 0 Å². The van der Waals surface area contributed by atoms with E-state index >= 15 is 0 Å². The molecule has 0 aliphatic carbocycles. The predicted molar refractivity (Wildman–Crippen MR) is 110 cm³/mol. The van der Waals surface area contributed by atoms with Gasteiger partial charge in [0.15, 0.2) is 0 Å². The zero-order chi connectivity index (χ0) is 20.1. The highest BCUT2D eigenvalue weighted by Gasteiger charge is 2.33. The molecule has 0 bridgehead atoms. The van der Waals surface area contributed by atoms with Gasteiger partial charge in [-0.05, 0) is 29.8 Å². The molecule has 1 aliphatic rings. The highest BCUT2D eigenvalue weighted by molar-refractivity contribution is 5.81. The maximum absolute atomic E-state index is 12.3. The molecule has 1 saturated heterocycles. The van der Waals surface area contributed by atoms with Gasteiger partial charge in [-0.1, -0.05) is 18.2 Å². The number of aromatic nitrogens is 3. The van der Waals surface area contributed by atoms with Crippen LogP contribution in [0.3, 0.4) is 0 Å². The van der Waals surface area contributed by atoms with Crippen molar-refractivity contribution in [2.75, 3.05) is 25.1 Å². The van der Waals surface area contributed by atoms with Crippen LogP contribution in [0, 0.1) is 5.92 Å². The molecule has 0 radical (unpaired) electrons. The first kappa shape index (κ1) is 18.9. The Bertz CT molecular complexity index is 974. The number of anilines is 1. The van der Waals surface area contributed by atoms with Gasteiger partial charge in [0.1, 0.15) is 11.6 Å². The summed E-state index contributed by atoms with van der Waals surface area (Å²) in [6, 6.07) is 13.6. The maximum atomic E-state index is 12.3. The number of ether oxygens (including phenoxy) is 1. The Hall–Kier alpha value is -3.48. The van der Waals surface area contributed by atoms with Crippen LogP contribution in [0.25, 0.3) is 0 Å². The topological polar surface area (TPSA) is 80.2 Å². The standard InChI is InChI=1S/C22H23N5O2/c1-29-20-7-4-5-16(10-20)9-19-11-23-13-21(26-19)27-14-17(15-27)22(28)25-12-18-6-2-3-8-24-18/h2-8,10-11,13,17H,9,12,14-15H2,1H3,(H,25,28). The van der Waals surface area contributed by atoms with E-state index in [1.54, 1.807) is 25.7 Å². The number of hydrogen-bond acceptors (Lipinski definition) is 6. The van der Waals surface area contributed by atoms with E-state index in [1.807, 2.05) is 42.5 Å². The number of methoxy groups -OCH3 is 1. The Balaban J connectivity index is 1.31. The molecule has 3 heterocycles. The molecule has 1 N–H and O–H groups in total. The summed E-state index contributed by atoms with van der Waals surface area (Å²) < 4.78 is 5.28. The minimum Gasteiger partial charge on any atom is -0.497 e. The van der Waals surface area contributed by atoms with Crippen LogP contribution in [-0.2, 0) is 17.8 Å². The van der Waals surface area contributed by atoms with E-state index < -0.39 is 0 Å². The fourth-order valence-electron chi connectivity index (χ4n) is 3.28. The summed E-state index contributed by atoms with van der Waals surface area (Å²) in [5, 5.41) is 2.95. The summed E-state index contributed by atoms with van der Waals surface area (Å²) in [6.45, 7) is 1.74. The van der Waals surface area contributed by atoms with Crippen LogP contribution in [0.15, 0.2) is 61.1 Å². The lowest BCUT2D eigenvalue weighted by Gasteiger charge is -2.39. The molecule has 7 nitrogen and oxygen atoms in total. The summed E-state index contributed by atoms with van der Waals surface area (Å²) in [7, 11) is 1.66. The third-order valence-electron chi connectivity index (χ3n) is 4.94. The van der Waals surface area contributed by atoms with E-state index in [4.69, 9.17) is 9.72 Å². The van der Waals surface area contributed by atoms with Gasteiger partial charge in [-0.2, -0.15) is 0 Å². The molecule has 4 rings (SSSR count). The molecule has 1 aromatic carbocycles. The molecule has 1 aliphatic heterocycles. The number of nitrogens with one attached hydrogen (secondary N) is 1. The van der Waals surface area contributed by atoms with E-state index in [2.05, 4.69) is 20.2 Å². The minimum absolute atomic E-state index is 0.0393. The van der Waals surface area contributed by atoms with Gasteiger partial charge in [0.25, 0.3) is 0 Å². The van der Waals surface area contributed by atoms with Crippen molar-refractivity contribution in [2.45, 2.75) is 13.0 Å². The predicted octanol–water partition coefficient (Wildman–Crippen LogP) is 2.22. The molecule has 3 aromatic rings. The average Bonchev–Trinajstić information content (AvgIpc) is 2.72. The highest BCUT2D eigenvalue weighted by atomic mass is 16.5. The van der Waals surface area contributed by atoms with Crippen LogP contribution in [0.4, 0.5) is 5.82 Å². The Labute approximate surface area is 169 Å². The number of pyridine rings is 1. The fraction of sp³-hybridized carbons (Fsp3) is 0.273. The smallest absolute Gasteiger partial charge is 0.227 e. The minimum atomic E-state index is -0.0393. The number of amides is 1. The summed E-state index contributed by atoms with van der Waals surface area (Å²) >= 11 is 0. The van der Waals surface area contributed by atoms with Gasteiger partial charge in [0.2, 0.25) is 5.91 Å². The van der Waals surface area contributed by atoms with Gasteiger partial charge in [0, 0.05) is 31.9 Å². The third-order valence-corrected chi connectivity index (χ3v) is 4.94. The Morgan fingerprint density at radius 1 is 1.17 bits per heavy atom. The van der Waals surface area contributed by atoms with Crippen molar-refractivity contribution in [3.8, 4) is 5.75 Å². The number of carbonyl (C=O) groups is 1. The van der Waals surface area contributed by atoms with E-state index in [0.717, 1.165) is 28.5 Å². The lowest BCUT2D eigenvalue weighted by atomic mass is 9.99. The SMILES string of the molecule is COc1cccc(Cc2cncc(N3CC(C(=O)NCc4ccccn4)C3)n2)c1. The van der Waals surface area contributed by atoms with Crippen molar-refractivity contribution in [3.63, 3.8) is 0 Å². The summed E-state index contributed by atoms with van der Waals surface area (Å²) in [4.78, 5) is 27.7. The normalized spacial score (nSPS) is 13.6. The number of nitrogens with zero attached hydrogens (tertiary/aromatic N) is 4. The third kappa shape index (κ3) is 4.68. The molecule has 0 saturated carbocycles. The largest absolute Gasteiger partial charge is 0.497 e. The number of hydrogen-bond donors (Lipinski definition) is 1. The van der Waals surface area contributed by atoms with E-state index in [-0.39, 0.29) is 11.8 Å². The average molecular weight is 389 g/mol. The number of benzene rings is 1. The van der Waals surface area contributed by atoms with Crippen LogP contribution in [-0.4, -0.2) is 41.1 Å². The molecule has 29 heavy (non-hydrogen) atoms. The van der Waals surface area contributed by atoms with Crippen molar-refractivity contribution in [1.82, 2.24) is 20.3 Å². The molecular formula is C22H23N5O2. The fourth-order valence-corrected chi connectivity index (χ4v) is 3.28. The van der Waals surface area contributed by atoms with E-state index in [9.17, 15) is 4.79 Å². The zero-order valence-electron chi connectivity index (χ0n) is 16.3. The van der Waals surface area contributed by atoms with Crippen LogP contribution >= 0.6 is 0 Å². The van der Waals surface area contributed by atoms with Crippen molar-refractivity contribution in [3.05, 3.63) is 78.0 Å². The van der Waals surface area contributed by atoms with E-state index in [1.165, 1.54) is 0 Å². The molecule has 1 fully saturated rings. The van der Waals surface area contributed by atoms with Crippen molar-refractivity contribution in [1.29, 1.82) is 0 Å². The van der Waals surface area contributed by atoms with E-state index in [0.29, 0.717) is 26.1 Å². The molecule has 1 amide bonds. The molecule has 0 atom stereocenters. The van der Waals surface area contributed by atoms with Gasteiger partial charge < -0.3 is 15.0 Å². The van der Waals surface area contributed by atoms with Crippen LogP contribution < -0.4 is 15.0 Å². The Morgan fingerprint density at radius 3 is 2.86 bits per heavy atom. The summed E-state index contributed by atoms with van der Waals surface area (Å²) in [5.74, 6) is 1.64. The lowest BCUT2D eigenvalue weighted by Crippen LogP contribution is -2.54. The van der Waals surface area contributed by atoms with Crippen molar-refractivity contribution < 1.29 is 9.53 Å². The van der Waals surface area contributed by atoms with Crippen molar-refractivity contribution in [2.24, 2.45) is 5.92 Å². The quantitative estimate of drug-likeness (QED) is 0.667. The molecule has 0 unspecified atom stereocenters. The van der Waals surface area contributed by atoms with Gasteiger partial charge in [-0.3, -0.25) is 14.8 Å². The molecule has 7 heteroatoms. The van der Waals surface area contributed by atoms with Gasteiger partial charge in [-0.15, -0.1) is 0 Å². The first-order chi connectivity index (χ1) is 14.2. The first-order valence-corrected chi connectivity index (χ1v) is 9.57. The molecule has 0 spiro atoms. The van der Waals surface area contributed by atoms with Crippen LogP contribution in [0.5, 0.6) is 5.75 Å². The lowest BCUT2D eigenvalue weighted by molar-refractivity contribution is -0.125. The van der Waals surface area contributed by atoms with Crippen molar-refractivity contribution >= 4 is 11.7 Å². The van der Waals surface area contributed by atoms with Gasteiger partial charge in [0.05, 0.1) is 37.2 Å². The zero-order valence-corrected chi connectivity index (χ0v) is 16.3.